The molecular formula is C16H18N2O3. The van der Waals surface area contributed by atoms with Crippen molar-refractivity contribution >= 4 is 17.3 Å². The Balaban J connectivity index is 2.23. The van der Waals surface area contributed by atoms with Gasteiger partial charge in [-0.3, -0.25) is 4.79 Å². The first-order chi connectivity index (χ1) is 10.1. The van der Waals surface area contributed by atoms with Crippen molar-refractivity contribution in [1.29, 1.82) is 0 Å². The average molecular weight is 286 g/mol. The van der Waals surface area contributed by atoms with E-state index in [4.69, 9.17) is 10.8 Å². The second-order valence-corrected chi connectivity index (χ2v) is 4.79. The maximum atomic E-state index is 10.8. The second-order valence-electron chi connectivity index (χ2n) is 4.79. The van der Waals surface area contributed by atoms with Gasteiger partial charge in [0.25, 0.3) is 0 Å². The van der Waals surface area contributed by atoms with E-state index in [1.807, 2.05) is 29.2 Å². The van der Waals surface area contributed by atoms with E-state index in [1.165, 1.54) is 0 Å². The summed E-state index contributed by atoms with van der Waals surface area (Å²) in [6.07, 6.45) is 0.0210. The number of anilines is 2. The van der Waals surface area contributed by atoms with Crippen LogP contribution in [0.5, 0.6) is 5.75 Å². The third-order valence-electron chi connectivity index (χ3n) is 3.16. The topological polar surface area (TPSA) is 86.8 Å². The number of benzene rings is 2. The van der Waals surface area contributed by atoms with Gasteiger partial charge in [-0.05, 0) is 29.8 Å². The number of carboxylic acids is 1. The smallest absolute Gasteiger partial charge is 0.305 e. The Kier molecular flexibility index (Phi) is 4.66. The molecule has 4 N–H and O–H groups in total. The molecule has 0 saturated carbocycles. The summed E-state index contributed by atoms with van der Waals surface area (Å²) in [4.78, 5) is 12.7. The van der Waals surface area contributed by atoms with Crippen LogP contribution in [0.25, 0.3) is 0 Å². The Morgan fingerprint density at radius 1 is 1.14 bits per heavy atom. The molecule has 0 amide bonds. The number of carbonyl (C=O) groups is 1. The predicted octanol–water partition coefficient (Wildman–Crippen LogP) is 2.46. The fraction of sp³-hybridized carbons (Fsp3) is 0.188. The molecule has 110 valence electrons. The van der Waals surface area contributed by atoms with E-state index >= 15 is 0 Å². The van der Waals surface area contributed by atoms with Gasteiger partial charge in [-0.15, -0.1) is 0 Å². The van der Waals surface area contributed by atoms with Crippen LogP contribution in [0.4, 0.5) is 11.4 Å². The van der Waals surface area contributed by atoms with Crippen molar-refractivity contribution in [2.45, 2.75) is 13.0 Å². The first-order valence-corrected chi connectivity index (χ1v) is 6.65. The fourth-order valence-electron chi connectivity index (χ4n) is 2.17. The van der Waals surface area contributed by atoms with E-state index in [0.29, 0.717) is 18.8 Å². The van der Waals surface area contributed by atoms with E-state index in [-0.39, 0.29) is 12.2 Å². The van der Waals surface area contributed by atoms with Gasteiger partial charge in [0.1, 0.15) is 5.75 Å². The highest BCUT2D eigenvalue weighted by atomic mass is 16.4. The Morgan fingerprint density at radius 2 is 1.90 bits per heavy atom. The van der Waals surface area contributed by atoms with E-state index in [0.717, 1.165) is 11.3 Å². The van der Waals surface area contributed by atoms with E-state index in [1.54, 1.807) is 24.3 Å². The molecule has 2 aromatic rings. The van der Waals surface area contributed by atoms with Gasteiger partial charge in [-0.25, -0.2) is 0 Å². The number of nitrogens with two attached hydrogens (primary N) is 1. The Hall–Kier alpha value is -2.69. The monoisotopic (exact) mass is 286 g/mol. The highest BCUT2D eigenvalue weighted by Gasteiger charge is 2.12. The Bertz CT molecular complexity index is 628. The number of carboxylic acid groups (broad SMARTS) is 1. The lowest BCUT2D eigenvalue weighted by Crippen LogP contribution is -2.26. The molecule has 0 aliphatic heterocycles. The van der Waals surface area contributed by atoms with Gasteiger partial charge >= 0.3 is 5.97 Å². The second kappa shape index (κ2) is 6.65. The zero-order valence-corrected chi connectivity index (χ0v) is 11.6. The molecular weight excluding hydrogens is 268 g/mol. The predicted molar refractivity (Wildman–Crippen MR) is 82.3 cm³/mol. The molecule has 0 bridgehead atoms. The normalized spacial score (nSPS) is 10.3. The molecule has 0 aliphatic carbocycles. The van der Waals surface area contributed by atoms with Crippen LogP contribution in [-0.2, 0) is 11.3 Å². The van der Waals surface area contributed by atoms with Gasteiger partial charge < -0.3 is 20.8 Å². The first-order valence-electron chi connectivity index (χ1n) is 6.65. The largest absolute Gasteiger partial charge is 0.508 e. The summed E-state index contributed by atoms with van der Waals surface area (Å²) in [5.41, 5.74) is 8.26. The number of phenols is 1. The van der Waals surface area contributed by atoms with Crippen molar-refractivity contribution in [3.63, 3.8) is 0 Å². The molecule has 0 unspecified atom stereocenters. The number of nitrogens with zero attached hydrogens (tertiary/aromatic N) is 1. The van der Waals surface area contributed by atoms with Gasteiger partial charge in [0.15, 0.2) is 0 Å². The Morgan fingerprint density at radius 3 is 2.57 bits per heavy atom. The number of hydrogen-bond donors (Lipinski definition) is 3. The van der Waals surface area contributed by atoms with E-state index in [2.05, 4.69) is 0 Å². The van der Waals surface area contributed by atoms with Crippen molar-refractivity contribution in [2.75, 3.05) is 17.2 Å². The van der Waals surface area contributed by atoms with Crippen molar-refractivity contribution in [1.82, 2.24) is 0 Å². The van der Waals surface area contributed by atoms with Crippen LogP contribution in [0.2, 0.25) is 0 Å². The third kappa shape index (κ3) is 4.14. The molecule has 2 rings (SSSR count). The number of para-hydroxylation sites is 2. The number of rotatable bonds is 6. The maximum absolute atomic E-state index is 10.8. The van der Waals surface area contributed by atoms with Gasteiger partial charge in [0.05, 0.1) is 17.8 Å². The third-order valence-corrected chi connectivity index (χ3v) is 3.16. The minimum atomic E-state index is -0.856. The van der Waals surface area contributed by atoms with Gasteiger partial charge in [0, 0.05) is 13.1 Å². The zero-order chi connectivity index (χ0) is 15.2. The molecule has 0 fully saturated rings. The van der Waals surface area contributed by atoms with Crippen molar-refractivity contribution in [3.8, 4) is 5.75 Å². The SMILES string of the molecule is Nc1ccccc1N(CCC(=O)O)Cc1cccc(O)c1. The lowest BCUT2D eigenvalue weighted by molar-refractivity contribution is -0.136. The lowest BCUT2D eigenvalue weighted by Gasteiger charge is -2.25. The molecule has 2 aromatic carbocycles. The molecule has 0 heterocycles. The zero-order valence-electron chi connectivity index (χ0n) is 11.6. The summed E-state index contributed by atoms with van der Waals surface area (Å²) in [5.74, 6) is -0.669. The van der Waals surface area contributed by atoms with Crippen molar-refractivity contribution in [3.05, 3.63) is 54.1 Å². The molecule has 0 spiro atoms. The number of aromatic hydroxyl groups is 1. The van der Waals surface area contributed by atoms with E-state index < -0.39 is 5.97 Å². The highest BCUT2D eigenvalue weighted by molar-refractivity contribution is 5.70. The molecule has 0 saturated heterocycles. The van der Waals surface area contributed by atoms with Crippen LogP contribution in [0.3, 0.4) is 0 Å². The molecule has 5 heteroatoms. The average Bonchev–Trinajstić information content (AvgIpc) is 2.44. The first kappa shape index (κ1) is 14.7. The Labute approximate surface area is 123 Å². The standard InChI is InChI=1S/C16H18N2O3/c17-14-6-1-2-7-15(14)18(9-8-16(20)21)11-12-4-3-5-13(19)10-12/h1-7,10,19H,8-9,11,17H2,(H,20,21). The van der Waals surface area contributed by atoms with Crippen molar-refractivity contribution in [2.24, 2.45) is 0 Å². The van der Waals surface area contributed by atoms with Crippen molar-refractivity contribution < 1.29 is 15.0 Å². The summed E-state index contributed by atoms with van der Waals surface area (Å²) in [6.45, 7) is 0.828. The summed E-state index contributed by atoms with van der Waals surface area (Å²) >= 11 is 0. The fourth-order valence-corrected chi connectivity index (χ4v) is 2.17. The molecule has 21 heavy (non-hydrogen) atoms. The quantitative estimate of drug-likeness (QED) is 0.710. The molecule has 0 atom stereocenters. The van der Waals surface area contributed by atoms with Gasteiger partial charge in [-0.1, -0.05) is 24.3 Å². The van der Waals surface area contributed by atoms with Crippen LogP contribution < -0.4 is 10.6 Å². The summed E-state index contributed by atoms with van der Waals surface area (Å²) in [5, 5.41) is 18.4. The van der Waals surface area contributed by atoms with Gasteiger partial charge in [-0.2, -0.15) is 0 Å². The highest BCUT2D eigenvalue weighted by Crippen LogP contribution is 2.25. The number of nitrogen functional groups attached to an aromatic ring is 1. The lowest BCUT2D eigenvalue weighted by atomic mass is 10.1. The number of phenolic OH excluding ortho intramolecular Hbond substituents is 1. The molecule has 5 nitrogen and oxygen atoms in total. The minimum Gasteiger partial charge on any atom is -0.508 e. The minimum absolute atomic E-state index is 0.0210. The van der Waals surface area contributed by atoms with Crippen LogP contribution in [0.15, 0.2) is 48.5 Å². The number of aliphatic carboxylic acids is 1. The van der Waals surface area contributed by atoms with Crippen LogP contribution in [-0.4, -0.2) is 22.7 Å². The summed E-state index contributed by atoms with van der Waals surface area (Å²) < 4.78 is 0. The summed E-state index contributed by atoms with van der Waals surface area (Å²) in [7, 11) is 0. The molecule has 0 radical (unpaired) electrons. The maximum Gasteiger partial charge on any atom is 0.305 e. The van der Waals surface area contributed by atoms with Crippen LogP contribution in [0, 0.1) is 0 Å². The van der Waals surface area contributed by atoms with Crippen LogP contribution in [0.1, 0.15) is 12.0 Å². The summed E-state index contributed by atoms with van der Waals surface area (Å²) in [6, 6.07) is 14.2. The van der Waals surface area contributed by atoms with Gasteiger partial charge in [0.2, 0.25) is 0 Å². The molecule has 0 aromatic heterocycles. The molecule has 0 aliphatic rings. The van der Waals surface area contributed by atoms with E-state index in [9.17, 15) is 9.90 Å². The number of hydrogen-bond acceptors (Lipinski definition) is 4. The van der Waals surface area contributed by atoms with Crippen LogP contribution >= 0.6 is 0 Å².